The zero-order valence-corrected chi connectivity index (χ0v) is 20.7. The summed E-state index contributed by atoms with van der Waals surface area (Å²) >= 11 is 18.4. The van der Waals surface area contributed by atoms with E-state index in [-0.39, 0.29) is 23.8 Å². The molecule has 6 nitrogen and oxygen atoms in total. The van der Waals surface area contributed by atoms with Crippen LogP contribution in [0.3, 0.4) is 0 Å². The van der Waals surface area contributed by atoms with Gasteiger partial charge < -0.3 is 9.64 Å². The van der Waals surface area contributed by atoms with Crippen LogP contribution in [0.2, 0.25) is 15.1 Å². The molecule has 3 unspecified atom stereocenters. The standard InChI is InChI=1S/C24H23Cl3N4O2/c1-13-18(10-28-15(3)30-13)24(32)31-11-19(14(2)33-23-7-5-17(25)9-29-23)20(12-31)16-4-6-21(26)22(27)8-16/h4-10,14,19-20H,11-12H2,1-3H3. The molecule has 2 aromatic heterocycles. The van der Waals surface area contributed by atoms with Gasteiger partial charge in [0.1, 0.15) is 11.9 Å². The van der Waals surface area contributed by atoms with Gasteiger partial charge in [-0.3, -0.25) is 4.79 Å². The van der Waals surface area contributed by atoms with E-state index in [4.69, 9.17) is 39.5 Å². The first kappa shape index (κ1) is 23.7. The average Bonchev–Trinajstić information content (AvgIpc) is 3.22. The number of benzene rings is 1. The number of aryl methyl sites for hydroxylation is 2. The zero-order chi connectivity index (χ0) is 23.7. The lowest BCUT2D eigenvalue weighted by atomic mass is 9.86. The second kappa shape index (κ2) is 9.84. The van der Waals surface area contributed by atoms with Gasteiger partial charge in [-0.2, -0.15) is 0 Å². The molecule has 9 heteroatoms. The van der Waals surface area contributed by atoms with Gasteiger partial charge in [-0.1, -0.05) is 40.9 Å². The molecule has 3 heterocycles. The quantitative estimate of drug-likeness (QED) is 0.440. The Hall–Kier alpha value is -2.41. The lowest BCUT2D eigenvalue weighted by Gasteiger charge is -2.25. The molecule has 0 saturated carbocycles. The summed E-state index contributed by atoms with van der Waals surface area (Å²) in [6.45, 7) is 6.63. The van der Waals surface area contributed by atoms with Crippen LogP contribution in [0.25, 0.3) is 0 Å². The summed E-state index contributed by atoms with van der Waals surface area (Å²) in [5.41, 5.74) is 2.17. The van der Waals surface area contributed by atoms with Gasteiger partial charge in [-0.25, -0.2) is 15.0 Å². The first-order valence-electron chi connectivity index (χ1n) is 10.6. The van der Waals surface area contributed by atoms with Crippen molar-refractivity contribution in [2.45, 2.75) is 32.8 Å². The van der Waals surface area contributed by atoms with Crippen molar-refractivity contribution in [1.82, 2.24) is 19.9 Å². The average molecular weight is 506 g/mol. The second-order valence-corrected chi connectivity index (χ2v) is 9.46. The number of likely N-dealkylation sites (tertiary alicyclic amines) is 1. The number of halogens is 3. The van der Waals surface area contributed by atoms with Crippen LogP contribution in [0.1, 0.15) is 40.3 Å². The number of aromatic nitrogens is 3. The van der Waals surface area contributed by atoms with Crippen LogP contribution in [-0.2, 0) is 0 Å². The van der Waals surface area contributed by atoms with E-state index in [1.165, 1.54) is 0 Å². The smallest absolute Gasteiger partial charge is 0.257 e. The molecule has 3 atom stereocenters. The Kier molecular flexibility index (Phi) is 7.07. The number of nitrogens with zero attached hydrogens (tertiary/aromatic N) is 4. The maximum absolute atomic E-state index is 13.4. The molecule has 1 amide bonds. The fraction of sp³-hybridized carbons (Fsp3) is 0.333. The summed E-state index contributed by atoms with van der Waals surface area (Å²) in [4.78, 5) is 28.0. The van der Waals surface area contributed by atoms with Crippen molar-refractivity contribution in [1.29, 1.82) is 0 Å². The van der Waals surface area contributed by atoms with Crippen LogP contribution >= 0.6 is 34.8 Å². The fourth-order valence-corrected chi connectivity index (χ4v) is 4.66. The third-order valence-corrected chi connectivity index (χ3v) is 6.93. The molecule has 0 aliphatic carbocycles. The molecular formula is C24H23Cl3N4O2. The third kappa shape index (κ3) is 5.24. The van der Waals surface area contributed by atoms with Gasteiger partial charge in [0.25, 0.3) is 5.91 Å². The fourth-order valence-electron chi connectivity index (χ4n) is 4.24. The maximum Gasteiger partial charge on any atom is 0.257 e. The Bertz CT molecular complexity index is 1170. The van der Waals surface area contributed by atoms with E-state index in [1.807, 2.05) is 30.9 Å². The van der Waals surface area contributed by atoms with Crippen LogP contribution in [0.15, 0.2) is 42.7 Å². The molecule has 1 aliphatic heterocycles. The SMILES string of the molecule is Cc1ncc(C(=O)N2CC(c3ccc(Cl)c(Cl)c3)C(C(C)Oc3ccc(Cl)cn3)C2)c(C)n1. The molecule has 33 heavy (non-hydrogen) atoms. The highest BCUT2D eigenvalue weighted by Gasteiger charge is 2.41. The Balaban J connectivity index is 1.63. The number of rotatable bonds is 5. The molecule has 1 aromatic carbocycles. The van der Waals surface area contributed by atoms with E-state index in [2.05, 4.69) is 15.0 Å². The minimum absolute atomic E-state index is 0.00214. The van der Waals surface area contributed by atoms with Gasteiger partial charge >= 0.3 is 0 Å². The van der Waals surface area contributed by atoms with E-state index < -0.39 is 0 Å². The van der Waals surface area contributed by atoms with Crippen molar-refractivity contribution in [3.63, 3.8) is 0 Å². The number of hydrogen-bond donors (Lipinski definition) is 0. The van der Waals surface area contributed by atoms with Crippen LogP contribution < -0.4 is 4.74 Å². The molecule has 0 bridgehead atoms. The van der Waals surface area contributed by atoms with Gasteiger partial charge in [0.15, 0.2) is 0 Å². The summed E-state index contributed by atoms with van der Waals surface area (Å²) < 4.78 is 6.14. The largest absolute Gasteiger partial charge is 0.474 e. The second-order valence-electron chi connectivity index (χ2n) is 8.21. The monoisotopic (exact) mass is 504 g/mol. The van der Waals surface area contributed by atoms with Crippen LogP contribution in [0, 0.1) is 19.8 Å². The molecule has 172 valence electrons. The summed E-state index contributed by atoms with van der Waals surface area (Å²) in [7, 11) is 0. The van der Waals surface area contributed by atoms with Crippen molar-refractivity contribution >= 4 is 40.7 Å². The Labute approximate surface area is 207 Å². The van der Waals surface area contributed by atoms with E-state index in [0.29, 0.717) is 51.1 Å². The number of carbonyl (C=O) groups is 1. The Morgan fingerprint density at radius 1 is 1.06 bits per heavy atom. The van der Waals surface area contributed by atoms with Gasteiger partial charge in [0.2, 0.25) is 5.88 Å². The molecule has 3 aromatic rings. The number of amides is 1. The van der Waals surface area contributed by atoms with Crippen molar-refractivity contribution in [2.24, 2.45) is 5.92 Å². The molecule has 1 fully saturated rings. The summed E-state index contributed by atoms with van der Waals surface area (Å²) in [5.74, 6) is 1.01. The molecule has 1 aliphatic rings. The molecule has 0 spiro atoms. The van der Waals surface area contributed by atoms with Crippen molar-refractivity contribution in [3.8, 4) is 5.88 Å². The first-order valence-corrected chi connectivity index (χ1v) is 11.7. The van der Waals surface area contributed by atoms with Crippen molar-refractivity contribution in [3.05, 3.63) is 80.4 Å². The lowest BCUT2D eigenvalue weighted by Crippen LogP contribution is -2.32. The highest BCUT2D eigenvalue weighted by atomic mass is 35.5. The van der Waals surface area contributed by atoms with Crippen molar-refractivity contribution in [2.75, 3.05) is 13.1 Å². The molecule has 1 saturated heterocycles. The van der Waals surface area contributed by atoms with E-state index in [1.54, 1.807) is 37.5 Å². The van der Waals surface area contributed by atoms with Crippen LogP contribution in [-0.4, -0.2) is 45.0 Å². The normalized spacial score (nSPS) is 18.9. The number of carbonyl (C=O) groups excluding carboxylic acids is 1. The third-order valence-electron chi connectivity index (χ3n) is 5.96. The predicted molar refractivity (Wildman–Crippen MR) is 129 cm³/mol. The zero-order valence-electron chi connectivity index (χ0n) is 18.4. The Morgan fingerprint density at radius 2 is 1.85 bits per heavy atom. The summed E-state index contributed by atoms with van der Waals surface area (Å²) in [6, 6.07) is 9.07. The highest BCUT2D eigenvalue weighted by Crippen LogP contribution is 2.38. The number of ether oxygens (including phenoxy) is 1. The molecular weight excluding hydrogens is 483 g/mol. The number of pyridine rings is 1. The van der Waals surface area contributed by atoms with Crippen molar-refractivity contribution < 1.29 is 9.53 Å². The Morgan fingerprint density at radius 3 is 2.52 bits per heavy atom. The number of hydrogen-bond acceptors (Lipinski definition) is 5. The van der Waals surface area contributed by atoms with E-state index in [9.17, 15) is 4.79 Å². The van der Waals surface area contributed by atoms with E-state index >= 15 is 0 Å². The topological polar surface area (TPSA) is 68.2 Å². The van der Waals surface area contributed by atoms with E-state index in [0.717, 1.165) is 5.56 Å². The summed E-state index contributed by atoms with van der Waals surface area (Å²) in [5, 5.41) is 1.51. The molecule has 0 radical (unpaired) electrons. The van der Waals surface area contributed by atoms with Gasteiger partial charge in [0, 0.05) is 43.4 Å². The summed E-state index contributed by atoms with van der Waals surface area (Å²) in [6.07, 6.45) is 2.91. The maximum atomic E-state index is 13.4. The highest BCUT2D eigenvalue weighted by molar-refractivity contribution is 6.42. The molecule has 0 N–H and O–H groups in total. The molecule has 4 rings (SSSR count). The van der Waals surface area contributed by atoms with Crippen LogP contribution in [0.5, 0.6) is 5.88 Å². The predicted octanol–water partition coefficient (Wildman–Crippen LogP) is 5.77. The van der Waals surface area contributed by atoms with Gasteiger partial charge in [-0.15, -0.1) is 0 Å². The lowest BCUT2D eigenvalue weighted by molar-refractivity contribution is 0.0768. The van der Waals surface area contributed by atoms with Gasteiger partial charge in [-0.05, 0) is 44.5 Å². The van der Waals surface area contributed by atoms with Crippen LogP contribution in [0.4, 0.5) is 0 Å². The minimum Gasteiger partial charge on any atom is -0.474 e. The minimum atomic E-state index is -0.230. The first-order chi connectivity index (χ1) is 15.7. The van der Waals surface area contributed by atoms with Gasteiger partial charge in [0.05, 0.1) is 26.3 Å².